The molecule has 0 aliphatic rings. The van der Waals surface area contributed by atoms with Crippen LogP contribution in [0.3, 0.4) is 0 Å². The van der Waals surface area contributed by atoms with E-state index in [0.717, 1.165) is 0 Å². The van der Waals surface area contributed by atoms with E-state index in [4.69, 9.17) is 5.11 Å². The van der Waals surface area contributed by atoms with Gasteiger partial charge in [0.15, 0.2) is 5.82 Å². The molecule has 2 aromatic heterocycles. The molecule has 2 rings (SSSR count). The van der Waals surface area contributed by atoms with Crippen LogP contribution in [0.4, 0.5) is 5.82 Å². The van der Waals surface area contributed by atoms with Crippen LogP contribution >= 0.6 is 0 Å². The number of nitrogens with zero attached hydrogens (tertiary/aromatic N) is 3. The molecule has 19 heavy (non-hydrogen) atoms. The molecule has 96 valence electrons. The molecule has 0 radical (unpaired) electrons. The first-order chi connectivity index (χ1) is 9.20. The Kier molecular flexibility index (Phi) is 3.90. The van der Waals surface area contributed by atoms with Crippen molar-refractivity contribution >= 4 is 11.7 Å². The third-order valence-corrected chi connectivity index (χ3v) is 2.28. The molecule has 2 aromatic rings. The number of aliphatic hydroxyl groups is 1. The second kappa shape index (κ2) is 5.80. The minimum Gasteiger partial charge on any atom is -0.384 e. The van der Waals surface area contributed by atoms with E-state index in [1.807, 2.05) is 0 Å². The van der Waals surface area contributed by atoms with Gasteiger partial charge in [0.1, 0.15) is 12.3 Å². The molecule has 2 N–H and O–H groups in total. The average Bonchev–Trinajstić information content (AvgIpc) is 2.82. The summed E-state index contributed by atoms with van der Waals surface area (Å²) >= 11 is 0. The molecule has 0 spiro atoms. The van der Waals surface area contributed by atoms with Gasteiger partial charge in [0, 0.05) is 25.5 Å². The summed E-state index contributed by atoms with van der Waals surface area (Å²) in [4.78, 5) is 16.1. The van der Waals surface area contributed by atoms with Gasteiger partial charge in [0.2, 0.25) is 0 Å². The number of rotatable bonds is 2. The Morgan fingerprint density at radius 2 is 2.37 bits per heavy atom. The highest BCUT2D eigenvalue weighted by atomic mass is 16.2. The lowest BCUT2D eigenvalue weighted by Crippen LogP contribution is -2.15. The van der Waals surface area contributed by atoms with E-state index >= 15 is 0 Å². The van der Waals surface area contributed by atoms with Crippen LogP contribution in [-0.2, 0) is 7.05 Å². The predicted octanol–water partition coefficient (Wildman–Crippen LogP) is 0.411. The van der Waals surface area contributed by atoms with Crippen LogP contribution in [0, 0.1) is 11.8 Å². The lowest BCUT2D eigenvalue weighted by Gasteiger charge is -2.03. The van der Waals surface area contributed by atoms with Crippen molar-refractivity contribution in [2.45, 2.75) is 0 Å². The Balaban J connectivity index is 2.23. The fourth-order valence-electron chi connectivity index (χ4n) is 1.48. The molecular formula is C13H12N4O2. The van der Waals surface area contributed by atoms with Crippen LogP contribution in [0.15, 0.2) is 30.6 Å². The second-order valence-electron chi connectivity index (χ2n) is 3.69. The standard InChI is InChI=1S/C13H12N4O2/c1-17-8-6-11(16-17)15-13(19)12-10(5-3-9-18)4-2-7-14-12/h2,4,6-8,18H,9H2,1H3,(H,15,16,19). The first-order valence-corrected chi connectivity index (χ1v) is 5.56. The molecular weight excluding hydrogens is 244 g/mol. The molecule has 0 atom stereocenters. The van der Waals surface area contributed by atoms with Crippen molar-refractivity contribution in [2.75, 3.05) is 11.9 Å². The summed E-state index contributed by atoms with van der Waals surface area (Å²) in [7, 11) is 1.76. The van der Waals surface area contributed by atoms with Gasteiger partial charge in [-0.2, -0.15) is 5.10 Å². The van der Waals surface area contributed by atoms with E-state index in [0.29, 0.717) is 11.4 Å². The number of nitrogens with one attached hydrogen (secondary N) is 1. The first-order valence-electron chi connectivity index (χ1n) is 5.56. The number of carbonyl (C=O) groups excluding carboxylic acids is 1. The van der Waals surface area contributed by atoms with Crippen LogP contribution in [0.2, 0.25) is 0 Å². The maximum atomic E-state index is 12.1. The Bertz CT molecular complexity index is 652. The molecule has 0 saturated carbocycles. The van der Waals surface area contributed by atoms with Crippen LogP contribution in [0.1, 0.15) is 16.1 Å². The van der Waals surface area contributed by atoms with Gasteiger partial charge in [-0.05, 0) is 12.1 Å². The Hall–Kier alpha value is -2.65. The van der Waals surface area contributed by atoms with Crippen LogP contribution in [0.25, 0.3) is 0 Å². The molecule has 0 fully saturated rings. The highest BCUT2D eigenvalue weighted by Crippen LogP contribution is 2.08. The summed E-state index contributed by atoms with van der Waals surface area (Å²) in [6, 6.07) is 5.03. The van der Waals surface area contributed by atoms with E-state index < -0.39 is 0 Å². The zero-order valence-corrected chi connectivity index (χ0v) is 10.3. The fourth-order valence-corrected chi connectivity index (χ4v) is 1.48. The SMILES string of the molecule is Cn1ccc(NC(=O)c2ncccc2C#CCO)n1. The largest absolute Gasteiger partial charge is 0.384 e. The van der Waals surface area contributed by atoms with Crippen molar-refractivity contribution in [3.8, 4) is 11.8 Å². The number of carbonyl (C=O) groups is 1. The number of hydrogen-bond donors (Lipinski definition) is 2. The van der Waals surface area contributed by atoms with Crippen LogP contribution < -0.4 is 5.32 Å². The molecule has 0 bridgehead atoms. The van der Waals surface area contributed by atoms with E-state index in [1.165, 1.54) is 6.20 Å². The molecule has 1 amide bonds. The van der Waals surface area contributed by atoms with Gasteiger partial charge in [-0.3, -0.25) is 9.48 Å². The molecule has 0 aliphatic carbocycles. The number of aliphatic hydroxyl groups excluding tert-OH is 1. The highest BCUT2D eigenvalue weighted by molar-refractivity contribution is 6.03. The molecule has 2 heterocycles. The molecule has 0 saturated heterocycles. The van der Waals surface area contributed by atoms with E-state index in [2.05, 4.69) is 27.2 Å². The van der Waals surface area contributed by atoms with Crippen LogP contribution in [0.5, 0.6) is 0 Å². The normalized spacial score (nSPS) is 9.58. The zero-order valence-electron chi connectivity index (χ0n) is 10.3. The summed E-state index contributed by atoms with van der Waals surface area (Å²) in [6.07, 6.45) is 3.23. The zero-order chi connectivity index (χ0) is 13.7. The minimum absolute atomic E-state index is 0.203. The number of aromatic nitrogens is 3. The van der Waals surface area contributed by atoms with Crippen molar-refractivity contribution in [1.29, 1.82) is 0 Å². The average molecular weight is 256 g/mol. The monoisotopic (exact) mass is 256 g/mol. The molecule has 0 aromatic carbocycles. The number of hydrogen-bond acceptors (Lipinski definition) is 4. The summed E-state index contributed by atoms with van der Waals surface area (Å²) in [5.41, 5.74) is 0.666. The van der Waals surface area contributed by atoms with Crippen molar-refractivity contribution in [2.24, 2.45) is 7.05 Å². The van der Waals surface area contributed by atoms with Gasteiger partial charge in [0.05, 0.1) is 5.56 Å². The molecule has 6 nitrogen and oxygen atoms in total. The van der Waals surface area contributed by atoms with Gasteiger partial charge in [0.25, 0.3) is 5.91 Å². The highest BCUT2D eigenvalue weighted by Gasteiger charge is 2.12. The predicted molar refractivity (Wildman–Crippen MR) is 69.4 cm³/mol. The van der Waals surface area contributed by atoms with Gasteiger partial charge in [-0.1, -0.05) is 11.8 Å². The molecule has 0 unspecified atom stereocenters. The van der Waals surface area contributed by atoms with Gasteiger partial charge < -0.3 is 10.4 Å². The van der Waals surface area contributed by atoms with Crippen molar-refractivity contribution in [1.82, 2.24) is 14.8 Å². The molecule has 6 heteroatoms. The fraction of sp³-hybridized carbons (Fsp3) is 0.154. The number of amides is 1. The lowest BCUT2D eigenvalue weighted by atomic mass is 10.2. The summed E-state index contributed by atoms with van der Waals surface area (Å²) in [5.74, 6) is 5.24. The van der Waals surface area contributed by atoms with Gasteiger partial charge in [-0.25, -0.2) is 4.98 Å². The Morgan fingerprint density at radius 1 is 1.53 bits per heavy atom. The van der Waals surface area contributed by atoms with E-state index in [9.17, 15) is 4.79 Å². The Morgan fingerprint density at radius 3 is 3.05 bits per heavy atom. The maximum Gasteiger partial charge on any atom is 0.276 e. The Labute approximate surface area is 110 Å². The topological polar surface area (TPSA) is 80.0 Å². The minimum atomic E-state index is -0.387. The maximum absolute atomic E-state index is 12.1. The summed E-state index contributed by atoms with van der Waals surface area (Å²) in [6.45, 7) is -0.268. The number of aryl methyl sites for hydroxylation is 1. The van der Waals surface area contributed by atoms with Crippen molar-refractivity contribution in [3.63, 3.8) is 0 Å². The van der Waals surface area contributed by atoms with E-state index in [-0.39, 0.29) is 18.2 Å². The van der Waals surface area contributed by atoms with Crippen molar-refractivity contribution in [3.05, 3.63) is 41.9 Å². The number of anilines is 1. The third-order valence-electron chi connectivity index (χ3n) is 2.28. The smallest absolute Gasteiger partial charge is 0.276 e. The lowest BCUT2D eigenvalue weighted by molar-refractivity contribution is 0.102. The van der Waals surface area contributed by atoms with Crippen LogP contribution in [-0.4, -0.2) is 32.4 Å². The molecule has 0 aliphatic heterocycles. The quantitative estimate of drug-likeness (QED) is 0.763. The summed E-state index contributed by atoms with van der Waals surface area (Å²) < 4.78 is 1.58. The van der Waals surface area contributed by atoms with E-state index in [1.54, 1.807) is 36.1 Å². The van der Waals surface area contributed by atoms with Gasteiger partial charge >= 0.3 is 0 Å². The van der Waals surface area contributed by atoms with Crippen molar-refractivity contribution < 1.29 is 9.90 Å². The van der Waals surface area contributed by atoms with Gasteiger partial charge in [-0.15, -0.1) is 0 Å². The summed E-state index contributed by atoms with van der Waals surface area (Å²) in [5, 5.41) is 15.4. The third kappa shape index (κ3) is 3.18. The number of pyridine rings is 1. The first kappa shape index (κ1) is 12.8. The second-order valence-corrected chi connectivity index (χ2v) is 3.69.